The Kier molecular flexibility index (Phi) is 6.37. The molecule has 5 heteroatoms. The topological polar surface area (TPSA) is 51.9 Å². The maximum absolute atomic E-state index is 12.9. The van der Waals surface area contributed by atoms with Crippen LogP contribution in [0.2, 0.25) is 0 Å². The van der Waals surface area contributed by atoms with E-state index in [1.807, 2.05) is 68.4 Å². The predicted octanol–water partition coefficient (Wildman–Crippen LogP) is 4.51. The molecule has 1 aromatic heterocycles. The summed E-state index contributed by atoms with van der Waals surface area (Å²) >= 11 is 0. The number of benzene rings is 2. The van der Waals surface area contributed by atoms with Crippen LogP contribution in [0.5, 0.6) is 11.5 Å². The zero-order valence-corrected chi connectivity index (χ0v) is 16.5. The second kappa shape index (κ2) is 9.13. The SMILES string of the molecule is COc1ccc(CN(Cc2ccco2)C(=O)COc2c(C)cccc2C)cc1. The maximum Gasteiger partial charge on any atom is 0.261 e. The number of nitrogens with zero attached hydrogens (tertiary/aromatic N) is 1. The molecule has 0 saturated heterocycles. The van der Waals surface area contributed by atoms with E-state index in [0.717, 1.165) is 33.9 Å². The highest BCUT2D eigenvalue weighted by Crippen LogP contribution is 2.22. The Morgan fingerprint density at radius 2 is 1.68 bits per heavy atom. The minimum Gasteiger partial charge on any atom is -0.497 e. The molecule has 0 atom stereocenters. The largest absolute Gasteiger partial charge is 0.497 e. The van der Waals surface area contributed by atoms with Gasteiger partial charge < -0.3 is 18.8 Å². The summed E-state index contributed by atoms with van der Waals surface area (Å²) in [6.45, 7) is 4.77. The van der Waals surface area contributed by atoms with Crippen molar-refractivity contribution in [3.8, 4) is 11.5 Å². The third kappa shape index (κ3) is 4.94. The zero-order valence-electron chi connectivity index (χ0n) is 16.5. The number of hydrogen-bond donors (Lipinski definition) is 0. The van der Waals surface area contributed by atoms with Gasteiger partial charge in [0.25, 0.3) is 5.91 Å². The van der Waals surface area contributed by atoms with Crippen molar-refractivity contribution in [2.45, 2.75) is 26.9 Å². The fourth-order valence-corrected chi connectivity index (χ4v) is 3.03. The molecule has 0 aliphatic rings. The van der Waals surface area contributed by atoms with Crippen LogP contribution in [0.1, 0.15) is 22.5 Å². The number of amides is 1. The molecular formula is C23H25NO4. The molecule has 0 N–H and O–H groups in total. The molecule has 0 unspecified atom stereocenters. The summed E-state index contributed by atoms with van der Waals surface area (Å²) in [4.78, 5) is 14.7. The van der Waals surface area contributed by atoms with Crippen LogP contribution < -0.4 is 9.47 Å². The normalized spacial score (nSPS) is 10.5. The molecule has 1 heterocycles. The summed E-state index contributed by atoms with van der Waals surface area (Å²) in [7, 11) is 1.63. The molecule has 0 spiro atoms. The molecule has 146 valence electrons. The van der Waals surface area contributed by atoms with Gasteiger partial charge in [-0.05, 0) is 54.8 Å². The number of hydrogen-bond acceptors (Lipinski definition) is 4. The van der Waals surface area contributed by atoms with Crippen molar-refractivity contribution >= 4 is 5.91 Å². The van der Waals surface area contributed by atoms with E-state index in [1.165, 1.54) is 0 Å². The first kappa shape index (κ1) is 19.5. The molecule has 3 rings (SSSR count). The number of ether oxygens (including phenoxy) is 2. The van der Waals surface area contributed by atoms with Crippen LogP contribution in [0.3, 0.4) is 0 Å². The van der Waals surface area contributed by atoms with Gasteiger partial charge in [0.15, 0.2) is 6.61 Å². The number of carbonyl (C=O) groups excluding carboxylic acids is 1. The van der Waals surface area contributed by atoms with E-state index >= 15 is 0 Å². The second-order valence-corrected chi connectivity index (χ2v) is 6.69. The summed E-state index contributed by atoms with van der Waals surface area (Å²) in [5.74, 6) is 2.17. The number of furan rings is 1. The van der Waals surface area contributed by atoms with Gasteiger partial charge >= 0.3 is 0 Å². The van der Waals surface area contributed by atoms with Crippen molar-refractivity contribution in [1.82, 2.24) is 4.90 Å². The fraction of sp³-hybridized carbons (Fsp3) is 0.261. The minimum atomic E-state index is -0.102. The molecule has 2 aromatic carbocycles. The van der Waals surface area contributed by atoms with Gasteiger partial charge in [-0.1, -0.05) is 30.3 Å². The molecule has 0 bridgehead atoms. The zero-order chi connectivity index (χ0) is 19.9. The molecule has 0 aliphatic heterocycles. The quantitative estimate of drug-likeness (QED) is 0.578. The summed E-state index contributed by atoms with van der Waals surface area (Å²) < 4.78 is 16.5. The van der Waals surface area contributed by atoms with Crippen molar-refractivity contribution in [3.05, 3.63) is 83.3 Å². The summed E-state index contributed by atoms with van der Waals surface area (Å²) in [6.07, 6.45) is 1.61. The Balaban J connectivity index is 1.72. The van der Waals surface area contributed by atoms with Gasteiger partial charge in [0.1, 0.15) is 17.3 Å². The molecule has 0 aliphatic carbocycles. The molecule has 1 amide bonds. The lowest BCUT2D eigenvalue weighted by molar-refractivity contribution is -0.134. The van der Waals surface area contributed by atoms with Gasteiger partial charge in [0.2, 0.25) is 0 Å². The van der Waals surface area contributed by atoms with Gasteiger partial charge in [-0.2, -0.15) is 0 Å². The van der Waals surface area contributed by atoms with Crippen LogP contribution in [0, 0.1) is 13.8 Å². The minimum absolute atomic E-state index is 0.0252. The lowest BCUT2D eigenvalue weighted by Gasteiger charge is -2.23. The number of methoxy groups -OCH3 is 1. The van der Waals surface area contributed by atoms with Crippen LogP contribution in [0.25, 0.3) is 0 Å². The van der Waals surface area contributed by atoms with E-state index in [4.69, 9.17) is 13.9 Å². The Morgan fingerprint density at radius 1 is 0.964 bits per heavy atom. The Labute approximate surface area is 165 Å². The molecule has 3 aromatic rings. The first-order chi connectivity index (χ1) is 13.6. The first-order valence-corrected chi connectivity index (χ1v) is 9.19. The summed E-state index contributed by atoms with van der Waals surface area (Å²) in [5, 5.41) is 0. The van der Waals surface area contributed by atoms with Crippen LogP contribution >= 0.6 is 0 Å². The summed E-state index contributed by atoms with van der Waals surface area (Å²) in [6, 6.07) is 17.3. The van der Waals surface area contributed by atoms with Gasteiger partial charge in [-0.3, -0.25) is 4.79 Å². The van der Waals surface area contributed by atoms with Gasteiger partial charge in [-0.25, -0.2) is 0 Å². The van der Waals surface area contributed by atoms with Gasteiger partial charge in [0, 0.05) is 6.54 Å². The average molecular weight is 379 g/mol. The Morgan fingerprint density at radius 3 is 2.29 bits per heavy atom. The molecule has 0 saturated carbocycles. The highest BCUT2D eigenvalue weighted by atomic mass is 16.5. The van der Waals surface area contributed by atoms with E-state index in [2.05, 4.69) is 0 Å². The standard InChI is InChI=1S/C23H25NO4/c1-17-6-4-7-18(2)23(17)28-16-22(25)24(15-21-8-5-13-27-21)14-19-9-11-20(26-3)12-10-19/h4-13H,14-16H2,1-3H3. The molecule has 0 radical (unpaired) electrons. The smallest absolute Gasteiger partial charge is 0.261 e. The van der Waals surface area contributed by atoms with Crippen molar-refractivity contribution < 1.29 is 18.7 Å². The first-order valence-electron chi connectivity index (χ1n) is 9.19. The molecule has 0 fully saturated rings. The van der Waals surface area contributed by atoms with Crippen LogP contribution in [-0.2, 0) is 17.9 Å². The molecule has 5 nitrogen and oxygen atoms in total. The second-order valence-electron chi connectivity index (χ2n) is 6.69. The number of para-hydroxylation sites is 1. The molecule has 28 heavy (non-hydrogen) atoms. The van der Waals surface area contributed by atoms with Crippen molar-refractivity contribution in [1.29, 1.82) is 0 Å². The van der Waals surface area contributed by atoms with Crippen LogP contribution in [0.15, 0.2) is 65.3 Å². The van der Waals surface area contributed by atoms with Crippen molar-refractivity contribution in [2.24, 2.45) is 0 Å². The van der Waals surface area contributed by atoms with E-state index < -0.39 is 0 Å². The van der Waals surface area contributed by atoms with Crippen LogP contribution in [-0.4, -0.2) is 24.5 Å². The number of aryl methyl sites for hydroxylation is 2. The highest BCUT2D eigenvalue weighted by molar-refractivity contribution is 5.77. The number of carbonyl (C=O) groups is 1. The Hall–Kier alpha value is -3.21. The predicted molar refractivity (Wildman–Crippen MR) is 107 cm³/mol. The van der Waals surface area contributed by atoms with Crippen molar-refractivity contribution in [3.63, 3.8) is 0 Å². The van der Waals surface area contributed by atoms with Gasteiger partial charge in [0.05, 0.1) is 19.9 Å². The third-order valence-corrected chi connectivity index (χ3v) is 4.56. The van der Waals surface area contributed by atoms with E-state index in [1.54, 1.807) is 18.3 Å². The van der Waals surface area contributed by atoms with Crippen molar-refractivity contribution in [2.75, 3.05) is 13.7 Å². The van der Waals surface area contributed by atoms with Gasteiger partial charge in [-0.15, -0.1) is 0 Å². The lowest BCUT2D eigenvalue weighted by Crippen LogP contribution is -2.34. The third-order valence-electron chi connectivity index (χ3n) is 4.56. The number of rotatable bonds is 8. The summed E-state index contributed by atoms with van der Waals surface area (Å²) in [5.41, 5.74) is 3.04. The highest BCUT2D eigenvalue weighted by Gasteiger charge is 2.18. The lowest BCUT2D eigenvalue weighted by atomic mass is 10.1. The van der Waals surface area contributed by atoms with E-state index in [0.29, 0.717) is 13.1 Å². The van der Waals surface area contributed by atoms with Crippen LogP contribution in [0.4, 0.5) is 0 Å². The van der Waals surface area contributed by atoms with E-state index in [9.17, 15) is 4.79 Å². The Bertz CT molecular complexity index is 881. The average Bonchev–Trinajstić information content (AvgIpc) is 3.20. The fourth-order valence-electron chi connectivity index (χ4n) is 3.03. The monoisotopic (exact) mass is 379 g/mol. The maximum atomic E-state index is 12.9. The molecular weight excluding hydrogens is 354 g/mol. The van der Waals surface area contributed by atoms with E-state index in [-0.39, 0.29) is 12.5 Å².